The predicted molar refractivity (Wildman–Crippen MR) is 98.2 cm³/mol. The largest absolute Gasteiger partial charge is 0.496 e. The second kappa shape index (κ2) is 8.26. The van der Waals surface area contributed by atoms with Crippen LogP contribution in [-0.4, -0.2) is 32.7 Å². The van der Waals surface area contributed by atoms with Gasteiger partial charge in [0.05, 0.1) is 24.8 Å². The number of hydrogen-bond donors (Lipinski definition) is 0. The third kappa shape index (κ3) is 4.07. The molecule has 2 aromatic carbocycles. The van der Waals surface area contributed by atoms with Gasteiger partial charge in [0.1, 0.15) is 5.75 Å². The number of carbonyl (C=O) groups excluding carboxylic acids is 1. The number of nitrogens with zero attached hydrogens (tertiary/aromatic N) is 1. The normalized spacial score (nSPS) is 14.9. The molecule has 9 heteroatoms. The molecule has 0 saturated carbocycles. The first-order valence-electron chi connectivity index (χ1n) is 7.91. The number of aliphatic imine (C=N–C) groups is 1. The minimum atomic E-state index is -3.06. The van der Waals surface area contributed by atoms with E-state index < -0.39 is 12.6 Å². The van der Waals surface area contributed by atoms with Gasteiger partial charge in [0.25, 0.3) is 0 Å². The van der Waals surface area contributed by atoms with Crippen molar-refractivity contribution in [1.82, 2.24) is 0 Å². The van der Waals surface area contributed by atoms with E-state index in [2.05, 4.69) is 9.73 Å². The van der Waals surface area contributed by atoms with Crippen molar-refractivity contribution in [2.45, 2.75) is 6.61 Å². The number of ether oxygens (including phenoxy) is 4. The number of alkyl halides is 2. The molecule has 0 aliphatic carbocycles. The summed E-state index contributed by atoms with van der Waals surface area (Å²) < 4.78 is 44.9. The van der Waals surface area contributed by atoms with Gasteiger partial charge in [-0.2, -0.15) is 8.78 Å². The summed E-state index contributed by atoms with van der Waals surface area (Å²) in [6.07, 6.45) is 1.39. The molecule has 0 bridgehead atoms. The first kappa shape index (κ1) is 19.6. The van der Waals surface area contributed by atoms with Crippen molar-refractivity contribution in [3.63, 3.8) is 0 Å². The van der Waals surface area contributed by atoms with Gasteiger partial charge in [-0.25, -0.2) is 9.79 Å². The Morgan fingerprint density at radius 1 is 1.14 bits per heavy atom. The number of carbonyl (C=O) groups is 1. The molecule has 146 valence electrons. The second-order valence-electron chi connectivity index (χ2n) is 5.45. The van der Waals surface area contributed by atoms with Gasteiger partial charge in [-0.3, -0.25) is 0 Å². The van der Waals surface area contributed by atoms with Crippen LogP contribution in [0.4, 0.5) is 8.78 Å². The smallest absolute Gasteiger partial charge is 0.387 e. The third-order valence-corrected chi connectivity index (χ3v) is 4.00. The number of cyclic esters (lactones) is 1. The zero-order valence-electron chi connectivity index (χ0n) is 14.7. The Hall–Kier alpha value is -3.13. The highest BCUT2D eigenvalue weighted by atomic mass is 35.5. The van der Waals surface area contributed by atoms with Gasteiger partial charge >= 0.3 is 12.6 Å². The summed E-state index contributed by atoms with van der Waals surface area (Å²) in [5, 5.41) is -0.105. The van der Waals surface area contributed by atoms with E-state index in [4.69, 9.17) is 25.8 Å². The van der Waals surface area contributed by atoms with Crippen LogP contribution in [0.3, 0.4) is 0 Å². The summed E-state index contributed by atoms with van der Waals surface area (Å²) >= 11 is 6.01. The van der Waals surface area contributed by atoms with Crippen molar-refractivity contribution in [2.75, 3.05) is 14.2 Å². The van der Waals surface area contributed by atoms with Crippen LogP contribution in [0.5, 0.6) is 17.2 Å². The van der Waals surface area contributed by atoms with Crippen LogP contribution in [0, 0.1) is 0 Å². The van der Waals surface area contributed by atoms with E-state index in [1.165, 1.54) is 32.4 Å². The molecule has 0 saturated heterocycles. The molecule has 2 aromatic rings. The molecule has 1 aliphatic heterocycles. The maximum absolute atomic E-state index is 12.5. The lowest BCUT2D eigenvalue weighted by Crippen LogP contribution is -2.07. The Balaban J connectivity index is 1.98. The Morgan fingerprint density at radius 2 is 1.86 bits per heavy atom. The molecular weight excluding hydrogens is 396 g/mol. The first-order valence-corrected chi connectivity index (χ1v) is 8.29. The molecule has 6 nitrogen and oxygen atoms in total. The maximum Gasteiger partial charge on any atom is 0.387 e. The molecule has 0 amide bonds. The van der Waals surface area contributed by atoms with Crippen molar-refractivity contribution in [2.24, 2.45) is 4.99 Å². The van der Waals surface area contributed by atoms with E-state index in [9.17, 15) is 13.6 Å². The summed E-state index contributed by atoms with van der Waals surface area (Å²) in [4.78, 5) is 16.4. The minimum Gasteiger partial charge on any atom is -0.496 e. The van der Waals surface area contributed by atoms with Crippen LogP contribution in [-0.2, 0) is 9.53 Å². The highest BCUT2D eigenvalue weighted by Crippen LogP contribution is 2.38. The van der Waals surface area contributed by atoms with Crippen molar-refractivity contribution < 1.29 is 32.5 Å². The quantitative estimate of drug-likeness (QED) is 0.525. The Morgan fingerprint density at radius 3 is 2.54 bits per heavy atom. The fourth-order valence-electron chi connectivity index (χ4n) is 2.53. The lowest BCUT2D eigenvalue weighted by molar-refractivity contribution is -0.129. The minimum absolute atomic E-state index is 0.00144. The highest BCUT2D eigenvalue weighted by molar-refractivity contribution is 6.32. The highest BCUT2D eigenvalue weighted by Gasteiger charge is 2.26. The molecule has 0 fully saturated rings. The van der Waals surface area contributed by atoms with Gasteiger partial charge in [-0.05, 0) is 35.9 Å². The molecule has 0 N–H and O–H groups in total. The topological polar surface area (TPSA) is 66.3 Å². The summed E-state index contributed by atoms with van der Waals surface area (Å²) in [5.41, 5.74) is 0.903. The molecule has 0 atom stereocenters. The van der Waals surface area contributed by atoms with Crippen molar-refractivity contribution in [1.29, 1.82) is 0 Å². The number of benzene rings is 2. The number of esters is 1. The van der Waals surface area contributed by atoms with E-state index in [0.717, 1.165) is 0 Å². The molecule has 0 radical (unpaired) electrons. The lowest BCUT2D eigenvalue weighted by atomic mass is 10.1. The number of para-hydroxylation sites is 1. The summed E-state index contributed by atoms with van der Waals surface area (Å²) in [6, 6.07) is 9.67. The van der Waals surface area contributed by atoms with E-state index in [1.54, 1.807) is 24.3 Å². The van der Waals surface area contributed by atoms with Crippen LogP contribution in [0.15, 0.2) is 47.1 Å². The third-order valence-electron chi connectivity index (χ3n) is 3.72. The standard InChI is InChI=1S/C19H14ClF2NO5/c1-25-14-6-4-3-5-11(14)17-23-13(18(24)28-17)8-10-7-12(20)16(27-19(21)22)15(9-10)26-2/h3-9,19H,1-2H3/b13-8+. The fraction of sp³-hybridized carbons (Fsp3) is 0.158. The molecule has 28 heavy (non-hydrogen) atoms. The van der Waals surface area contributed by atoms with Gasteiger partial charge in [0.2, 0.25) is 5.90 Å². The number of rotatable bonds is 6. The molecule has 0 unspecified atom stereocenters. The van der Waals surface area contributed by atoms with E-state index >= 15 is 0 Å². The van der Waals surface area contributed by atoms with Crippen LogP contribution in [0.2, 0.25) is 5.02 Å². The summed E-state index contributed by atoms with van der Waals surface area (Å²) in [5.74, 6) is -0.407. The maximum atomic E-state index is 12.5. The zero-order valence-corrected chi connectivity index (χ0v) is 15.5. The van der Waals surface area contributed by atoms with Crippen LogP contribution >= 0.6 is 11.6 Å². The average molecular weight is 410 g/mol. The average Bonchev–Trinajstić information content (AvgIpc) is 3.03. The molecule has 1 aliphatic rings. The molecule has 0 spiro atoms. The summed E-state index contributed by atoms with van der Waals surface area (Å²) in [7, 11) is 2.77. The number of methoxy groups -OCH3 is 2. The van der Waals surface area contributed by atoms with Gasteiger partial charge in [0, 0.05) is 0 Å². The SMILES string of the molecule is COc1ccccc1C1=N/C(=C/c2cc(Cl)c(OC(F)F)c(OC)c2)C(=O)O1. The molecule has 0 aromatic heterocycles. The first-order chi connectivity index (χ1) is 13.4. The van der Waals surface area contributed by atoms with Crippen LogP contribution < -0.4 is 14.2 Å². The number of halogens is 3. The second-order valence-corrected chi connectivity index (χ2v) is 5.86. The van der Waals surface area contributed by atoms with Gasteiger partial charge in [-0.15, -0.1) is 0 Å². The molecule has 1 heterocycles. The van der Waals surface area contributed by atoms with Crippen molar-refractivity contribution >= 4 is 29.5 Å². The zero-order chi connectivity index (χ0) is 20.3. The van der Waals surface area contributed by atoms with E-state index in [1.807, 2.05) is 0 Å². The lowest BCUT2D eigenvalue weighted by Gasteiger charge is -2.12. The molecule has 3 rings (SSSR count). The van der Waals surface area contributed by atoms with Crippen LogP contribution in [0.25, 0.3) is 6.08 Å². The molecular formula is C19H14ClF2NO5. The Kier molecular flexibility index (Phi) is 5.79. The van der Waals surface area contributed by atoms with E-state index in [0.29, 0.717) is 16.9 Å². The van der Waals surface area contributed by atoms with Gasteiger partial charge < -0.3 is 18.9 Å². The fourth-order valence-corrected chi connectivity index (χ4v) is 2.79. The predicted octanol–water partition coefficient (Wildman–Crippen LogP) is 4.30. The van der Waals surface area contributed by atoms with Crippen molar-refractivity contribution in [3.05, 3.63) is 58.2 Å². The Labute approximate surface area is 163 Å². The van der Waals surface area contributed by atoms with Crippen LogP contribution in [0.1, 0.15) is 11.1 Å². The van der Waals surface area contributed by atoms with E-state index in [-0.39, 0.29) is 28.1 Å². The Bertz CT molecular complexity index is 975. The monoisotopic (exact) mass is 409 g/mol. The summed E-state index contributed by atoms with van der Waals surface area (Å²) in [6.45, 7) is -3.06. The van der Waals surface area contributed by atoms with Crippen molar-refractivity contribution in [3.8, 4) is 17.2 Å². The van der Waals surface area contributed by atoms with Gasteiger partial charge in [-0.1, -0.05) is 23.7 Å². The van der Waals surface area contributed by atoms with Gasteiger partial charge in [0.15, 0.2) is 17.2 Å². The number of hydrogen-bond acceptors (Lipinski definition) is 6.